The fraction of sp³-hybridized carbons (Fsp3) is 1.00. The van der Waals surface area contributed by atoms with E-state index in [1.807, 2.05) is 0 Å². The van der Waals surface area contributed by atoms with Gasteiger partial charge >= 0.3 is 0 Å². The first-order chi connectivity index (χ1) is 9.24. The van der Waals surface area contributed by atoms with Gasteiger partial charge in [-0.15, -0.1) is 0 Å². The maximum Gasteiger partial charge on any atom is 0.170 e. The number of ether oxygens (including phenoxy) is 3. The van der Waals surface area contributed by atoms with Gasteiger partial charge in [0.1, 0.15) is 0 Å². The molecule has 5 nitrogen and oxygen atoms in total. The summed E-state index contributed by atoms with van der Waals surface area (Å²) in [5, 5.41) is 3.46. The van der Waals surface area contributed by atoms with Gasteiger partial charge in [-0.25, -0.2) is 0 Å². The molecule has 2 aliphatic rings. The molecular weight excluding hydrogens is 244 g/mol. The monoisotopic (exact) mass is 272 g/mol. The van der Waals surface area contributed by atoms with Crippen molar-refractivity contribution in [3.8, 4) is 0 Å². The fourth-order valence-electron chi connectivity index (χ4n) is 3.38. The molecular formula is C14H28N2O3. The van der Waals surface area contributed by atoms with Gasteiger partial charge in [0.15, 0.2) is 5.79 Å². The highest BCUT2D eigenvalue weighted by atomic mass is 16.7. The molecule has 0 amide bonds. The molecule has 2 unspecified atom stereocenters. The second kappa shape index (κ2) is 6.99. The van der Waals surface area contributed by atoms with Crippen molar-refractivity contribution in [1.82, 2.24) is 10.2 Å². The van der Waals surface area contributed by atoms with Gasteiger partial charge in [-0.05, 0) is 20.0 Å². The van der Waals surface area contributed by atoms with E-state index in [1.54, 1.807) is 7.11 Å². The predicted molar refractivity (Wildman–Crippen MR) is 74.2 cm³/mol. The van der Waals surface area contributed by atoms with Crippen molar-refractivity contribution < 1.29 is 14.2 Å². The van der Waals surface area contributed by atoms with Crippen LogP contribution in [-0.4, -0.2) is 69.8 Å². The molecule has 5 heteroatoms. The largest absolute Gasteiger partial charge is 0.383 e. The Kier molecular flexibility index (Phi) is 5.59. The lowest BCUT2D eigenvalue weighted by Gasteiger charge is -2.45. The van der Waals surface area contributed by atoms with E-state index in [0.717, 1.165) is 52.2 Å². The van der Waals surface area contributed by atoms with Crippen molar-refractivity contribution in [2.75, 3.05) is 47.1 Å². The first-order valence-corrected chi connectivity index (χ1v) is 7.43. The zero-order valence-corrected chi connectivity index (χ0v) is 12.5. The van der Waals surface area contributed by atoms with Crippen molar-refractivity contribution in [3.63, 3.8) is 0 Å². The summed E-state index contributed by atoms with van der Waals surface area (Å²) in [6.07, 6.45) is 3.05. The van der Waals surface area contributed by atoms with Crippen LogP contribution in [0.4, 0.5) is 0 Å². The number of nitrogens with one attached hydrogen (secondary N) is 1. The van der Waals surface area contributed by atoms with Crippen molar-refractivity contribution in [3.05, 3.63) is 0 Å². The number of rotatable bonds is 6. The molecule has 0 aromatic heterocycles. The molecule has 1 heterocycles. The number of nitrogens with zero attached hydrogens (tertiary/aromatic N) is 1. The predicted octanol–water partition coefficient (Wildman–Crippen LogP) is 0.838. The van der Waals surface area contributed by atoms with E-state index in [9.17, 15) is 0 Å². The molecule has 0 aromatic carbocycles. The highest BCUT2D eigenvalue weighted by Gasteiger charge is 2.46. The summed E-state index contributed by atoms with van der Waals surface area (Å²) in [7, 11) is 3.81. The maximum absolute atomic E-state index is 5.90. The van der Waals surface area contributed by atoms with E-state index < -0.39 is 0 Å². The zero-order chi connectivity index (χ0) is 13.7. The molecule has 1 N–H and O–H groups in total. The molecule has 1 spiro atoms. The van der Waals surface area contributed by atoms with Crippen LogP contribution in [0.2, 0.25) is 0 Å². The van der Waals surface area contributed by atoms with Crippen LogP contribution in [0.15, 0.2) is 0 Å². The average molecular weight is 272 g/mol. The molecule has 2 rings (SSSR count). The Balaban J connectivity index is 2.03. The molecule has 0 radical (unpaired) electrons. The Morgan fingerprint density at radius 1 is 1.37 bits per heavy atom. The topological polar surface area (TPSA) is 43.0 Å². The Hall–Kier alpha value is -0.200. The van der Waals surface area contributed by atoms with Crippen molar-refractivity contribution in [1.29, 1.82) is 0 Å². The molecule has 2 atom stereocenters. The molecule has 1 saturated heterocycles. The van der Waals surface area contributed by atoms with Gasteiger partial charge in [0.2, 0.25) is 0 Å². The zero-order valence-electron chi connectivity index (χ0n) is 12.5. The summed E-state index contributed by atoms with van der Waals surface area (Å²) >= 11 is 0. The van der Waals surface area contributed by atoms with Crippen molar-refractivity contribution in [2.45, 2.75) is 44.1 Å². The average Bonchev–Trinajstić information content (AvgIpc) is 2.88. The van der Waals surface area contributed by atoms with Crippen LogP contribution in [0.3, 0.4) is 0 Å². The number of methoxy groups -OCH3 is 1. The molecule has 1 saturated carbocycles. The standard InChI is InChI=1S/C14H28N2O3/c1-4-16(7-8-17-3)13-11-14(18-9-10-19-14)6-5-12(13)15-2/h12-13,15H,4-11H2,1-3H3. The minimum Gasteiger partial charge on any atom is -0.383 e. The summed E-state index contributed by atoms with van der Waals surface area (Å²) in [6.45, 7) is 6.45. The van der Waals surface area contributed by atoms with E-state index in [4.69, 9.17) is 14.2 Å². The lowest BCUT2D eigenvalue weighted by atomic mass is 9.84. The Labute approximate surface area is 116 Å². The van der Waals surface area contributed by atoms with Crippen LogP contribution < -0.4 is 5.32 Å². The smallest absolute Gasteiger partial charge is 0.170 e. The van der Waals surface area contributed by atoms with Gasteiger partial charge < -0.3 is 19.5 Å². The first kappa shape index (κ1) is 15.2. The molecule has 112 valence electrons. The molecule has 1 aliphatic heterocycles. The molecule has 2 fully saturated rings. The second-order valence-corrected chi connectivity index (χ2v) is 5.43. The highest BCUT2D eigenvalue weighted by molar-refractivity contribution is 4.95. The third kappa shape index (κ3) is 3.47. The van der Waals surface area contributed by atoms with Gasteiger partial charge in [0, 0.05) is 38.6 Å². The van der Waals surface area contributed by atoms with E-state index in [2.05, 4.69) is 24.2 Å². The summed E-state index contributed by atoms with van der Waals surface area (Å²) in [5.41, 5.74) is 0. The lowest BCUT2D eigenvalue weighted by Crippen LogP contribution is -2.57. The van der Waals surface area contributed by atoms with Crippen molar-refractivity contribution in [2.24, 2.45) is 0 Å². The van der Waals surface area contributed by atoms with Crippen LogP contribution in [0.25, 0.3) is 0 Å². The number of hydrogen-bond donors (Lipinski definition) is 1. The number of hydrogen-bond acceptors (Lipinski definition) is 5. The highest BCUT2D eigenvalue weighted by Crippen LogP contribution is 2.37. The summed E-state index contributed by atoms with van der Waals surface area (Å²) in [4.78, 5) is 2.48. The summed E-state index contributed by atoms with van der Waals surface area (Å²) in [6, 6.07) is 0.965. The Morgan fingerprint density at radius 2 is 2.11 bits per heavy atom. The molecule has 0 aromatic rings. The van der Waals surface area contributed by atoms with E-state index in [1.165, 1.54) is 0 Å². The fourth-order valence-corrected chi connectivity index (χ4v) is 3.38. The third-order valence-electron chi connectivity index (χ3n) is 4.46. The van der Waals surface area contributed by atoms with Crippen LogP contribution in [-0.2, 0) is 14.2 Å². The van der Waals surface area contributed by atoms with Crippen molar-refractivity contribution >= 4 is 0 Å². The summed E-state index contributed by atoms with van der Waals surface area (Å²) in [5.74, 6) is -0.321. The molecule has 1 aliphatic carbocycles. The van der Waals surface area contributed by atoms with Gasteiger partial charge in [0.25, 0.3) is 0 Å². The van der Waals surface area contributed by atoms with Crippen LogP contribution >= 0.6 is 0 Å². The SMILES string of the molecule is CCN(CCOC)C1CC2(CCC1NC)OCCO2. The van der Waals surface area contributed by atoms with Crippen LogP contribution in [0.1, 0.15) is 26.2 Å². The van der Waals surface area contributed by atoms with Gasteiger partial charge in [0.05, 0.1) is 19.8 Å². The maximum atomic E-state index is 5.90. The summed E-state index contributed by atoms with van der Waals surface area (Å²) < 4.78 is 17.0. The minimum absolute atomic E-state index is 0.321. The van der Waals surface area contributed by atoms with Gasteiger partial charge in [-0.3, -0.25) is 4.90 Å². The van der Waals surface area contributed by atoms with E-state index in [0.29, 0.717) is 12.1 Å². The van der Waals surface area contributed by atoms with Crippen LogP contribution in [0.5, 0.6) is 0 Å². The lowest BCUT2D eigenvalue weighted by molar-refractivity contribution is -0.193. The Morgan fingerprint density at radius 3 is 2.68 bits per heavy atom. The normalized spacial score (nSPS) is 30.3. The van der Waals surface area contributed by atoms with Crippen LogP contribution in [0, 0.1) is 0 Å². The first-order valence-electron chi connectivity index (χ1n) is 7.43. The Bertz CT molecular complexity index is 269. The van der Waals surface area contributed by atoms with Gasteiger partial charge in [-0.2, -0.15) is 0 Å². The van der Waals surface area contributed by atoms with Gasteiger partial charge in [-0.1, -0.05) is 6.92 Å². The quantitative estimate of drug-likeness (QED) is 0.776. The molecule has 19 heavy (non-hydrogen) atoms. The molecule has 0 bridgehead atoms. The van der Waals surface area contributed by atoms with E-state index >= 15 is 0 Å². The number of likely N-dealkylation sites (N-methyl/N-ethyl adjacent to an activating group) is 2. The second-order valence-electron chi connectivity index (χ2n) is 5.43. The third-order valence-corrected chi connectivity index (χ3v) is 4.46. The minimum atomic E-state index is -0.321. The van der Waals surface area contributed by atoms with E-state index in [-0.39, 0.29) is 5.79 Å².